The van der Waals surface area contributed by atoms with E-state index in [1.54, 1.807) is 24.3 Å². The first kappa shape index (κ1) is 12.0. The highest BCUT2D eigenvalue weighted by Gasteiger charge is 2.26. The largest absolute Gasteiger partial charge is 0.481 e. The number of hydrogen-bond acceptors (Lipinski definition) is 2. The number of rotatable bonds is 5. The SMILES string of the molecule is CCC[P@@](=O)(CC(=O)O)c1ccccc1. The van der Waals surface area contributed by atoms with E-state index in [0.29, 0.717) is 11.5 Å². The van der Waals surface area contributed by atoms with Crippen molar-refractivity contribution in [1.82, 2.24) is 0 Å². The molecule has 15 heavy (non-hydrogen) atoms. The van der Waals surface area contributed by atoms with Crippen LogP contribution < -0.4 is 5.30 Å². The lowest BCUT2D eigenvalue weighted by Crippen LogP contribution is -2.15. The molecule has 0 bridgehead atoms. The van der Waals surface area contributed by atoms with Gasteiger partial charge in [-0.2, -0.15) is 0 Å². The van der Waals surface area contributed by atoms with Gasteiger partial charge in [0, 0.05) is 11.5 Å². The minimum Gasteiger partial charge on any atom is -0.481 e. The Morgan fingerprint density at radius 3 is 2.40 bits per heavy atom. The molecule has 4 heteroatoms. The van der Waals surface area contributed by atoms with Crippen molar-refractivity contribution in [2.45, 2.75) is 13.3 Å². The first-order valence-corrected chi connectivity index (χ1v) is 7.01. The van der Waals surface area contributed by atoms with E-state index in [4.69, 9.17) is 5.11 Å². The molecule has 1 rings (SSSR count). The predicted molar refractivity (Wildman–Crippen MR) is 61.3 cm³/mol. The molecule has 0 amide bonds. The quantitative estimate of drug-likeness (QED) is 0.783. The molecule has 1 aromatic carbocycles. The van der Waals surface area contributed by atoms with Crippen LogP contribution in [0.1, 0.15) is 13.3 Å². The molecule has 0 radical (unpaired) electrons. The number of carbonyl (C=O) groups is 1. The van der Waals surface area contributed by atoms with Gasteiger partial charge in [-0.05, 0) is 6.42 Å². The summed E-state index contributed by atoms with van der Waals surface area (Å²) in [5, 5.41) is 9.44. The monoisotopic (exact) mass is 226 g/mol. The van der Waals surface area contributed by atoms with Gasteiger partial charge in [0.15, 0.2) is 0 Å². The summed E-state index contributed by atoms with van der Waals surface area (Å²) in [4.78, 5) is 10.7. The molecule has 0 fully saturated rings. The highest BCUT2D eigenvalue weighted by molar-refractivity contribution is 7.72. The van der Waals surface area contributed by atoms with Crippen molar-refractivity contribution in [3.8, 4) is 0 Å². The van der Waals surface area contributed by atoms with Gasteiger partial charge >= 0.3 is 5.97 Å². The van der Waals surface area contributed by atoms with Crippen LogP contribution in [-0.2, 0) is 9.36 Å². The molecule has 1 atom stereocenters. The van der Waals surface area contributed by atoms with Crippen LogP contribution in [0, 0.1) is 0 Å². The third kappa shape index (κ3) is 3.21. The summed E-state index contributed by atoms with van der Waals surface area (Å²) >= 11 is 0. The lowest BCUT2D eigenvalue weighted by Gasteiger charge is -2.15. The van der Waals surface area contributed by atoms with E-state index >= 15 is 0 Å². The maximum absolute atomic E-state index is 12.4. The Balaban J connectivity index is 3.01. The van der Waals surface area contributed by atoms with E-state index in [9.17, 15) is 9.36 Å². The van der Waals surface area contributed by atoms with Crippen LogP contribution >= 0.6 is 7.14 Å². The average molecular weight is 226 g/mol. The number of hydrogen-bond donors (Lipinski definition) is 1. The van der Waals surface area contributed by atoms with Crippen molar-refractivity contribution in [2.24, 2.45) is 0 Å². The van der Waals surface area contributed by atoms with Gasteiger partial charge in [-0.25, -0.2) is 0 Å². The first-order chi connectivity index (χ1) is 7.08. The molecule has 0 aliphatic heterocycles. The first-order valence-electron chi connectivity index (χ1n) is 4.94. The molecule has 1 N–H and O–H groups in total. The van der Waals surface area contributed by atoms with Crippen molar-refractivity contribution < 1.29 is 14.5 Å². The predicted octanol–water partition coefficient (Wildman–Crippen LogP) is 2.17. The fourth-order valence-corrected chi connectivity index (χ4v) is 4.05. The smallest absolute Gasteiger partial charge is 0.311 e. The second kappa shape index (κ2) is 5.13. The average Bonchev–Trinajstić information content (AvgIpc) is 2.18. The van der Waals surface area contributed by atoms with Crippen LogP contribution in [0.5, 0.6) is 0 Å². The lowest BCUT2D eigenvalue weighted by molar-refractivity contribution is -0.134. The topological polar surface area (TPSA) is 54.4 Å². The van der Waals surface area contributed by atoms with Crippen molar-refractivity contribution in [2.75, 3.05) is 12.3 Å². The maximum atomic E-state index is 12.4. The highest BCUT2D eigenvalue weighted by atomic mass is 31.2. The lowest BCUT2D eigenvalue weighted by atomic mass is 10.4. The fourth-order valence-electron chi connectivity index (χ4n) is 1.58. The van der Waals surface area contributed by atoms with Gasteiger partial charge in [0.05, 0.1) is 0 Å². The Labute approximate surface area is 89.5 Å². The summed E-state index contributed by atoms with van der Waals surface area (Å²) in [6, 6.07) is 8.91. The van der Waals surface area contributed by atoms with Crippen LogP contribution in [0.2, 0.25) is 0 Å². The molecular formula is C11H15O3P. The molecule has 0 unspecified atom stereocenters. The normalized spacial score (nSPS) is 14.5. The van der Waals surface area contributed by atoms with Crippen molar-refractivity contribution in [3.05, 3.63) is 30.3 Å². The molecule has 3 nitrogen and oxygen atoms in total. The van der Waals surface area contributed by atoms with Gasteiger partial charge < -0.3 is 9.67 Å². The van der Waals surface area contributed by atoms with Crippen molar-refractivity contribution in [1.29, 1.82) is 0 Å². The number of aliphatic carboxylic acids is 1. The molecule has 0 heterocycles. The molecule has 0 saturated carbocycles. The summed E-state index contributed by atoms with van der Waals surface area (Å²) in [6.45, 7) is 1.91. The van der Waals surface area contributed by atoms with Gasteiger partial charge in [0.2, 0.25) is 0 Å². The van der Waals surface area contributed by atoms with Gasteiger partial charge in [0.25, 0.3) is 0 Å². The second-order valence-electron chi connectivity index (χ2n) is 3.50. The van der Waals surface area contributed by atoms with E-state index in [0.717, 1.165) is 6.42 Å². The zero-order chi connectivity index (χ0) is 11.3. The van der Waals surface area contributed by atoms with Gasteiger partial charge in [0.1, 0.15) is 13.3 Å². The summed E-state index contributed by atoms with van der Waals surface area (Å²) in [5.41, 5.74) is 0. The number of benzene rings is 1. The van der Waals surface area contributed by atoms with Gasteiger partial charge in [-0.3, -0.25) is 4.79 Å². The molecule has 0 aromatic heterocycles. The summed E-state index contributed by atoms with van der Waals surface area (Å²) < 4.78 is 12.4. The summed E-state index contributed by atoms with van der Waals surface area (Å²) in [5.74, 6) is -0.990. The van der Waals surface area contributed by atoms with Gasteiger partial charge in [-0.1, -0.05) is 37.3 Å². The third-order valence-corrected chi connectivity index (χ3v) is 5.39. The minimum atomic E-state index is -2.73. The summed E-state index contributed by atoms with van der Waals surface area (Å²) in [7, 11) is -2.73. The van der Waals surface area contributed by atoms with E-state index in [2.05, 4.69) is 0 Å². The van der Waals surface area contributed by atoms with E-state index in [1.807, 2.05) is 13.0 Å². The Kier molecular flexibility index (Phi) is 4.10. The minimum absolute atomic E-state index is 0.245. The Bertz CT molecular complexity index is 373. The molecule has 0 spiro atoms. The van der Waals surface area contributed by atoms with Crippen molar-refractivity contribution in [3.63, 3.8) is 0 Å². The Hall–Kier alpha value is -1.08. The second-order valence-corrected chi connectivity index (χ2v) is 6.56. The van der Waals surface area contributed by atoms with Gasteiger partial charge in [-0.15, -0.1) is 0 Å². The summed E-state index contributed by atoms with van der Waals surface area (Å²) in [6.07, 6.45) is 0.952. The Morgan fingerprint density at radius 1 is 1.33 bits per heavy atom. The standard InChI is InChI=1S/C11H15O3P/c1-2-8-15(14,9-11(12)13)10-6-4-3-5-7-10/h3-7H,2,8-9H2,1H3,(H,12,13)/t15-/m1/s1. The Morgan fingerprint density at radius 2 is 1.93 bits per heavy atom. The molecule has 1 aromatic rings. The zero-order valence-electron chi connectivity index (χ0n) is 8.72. The van der Waals surface area contributed by atoms with Crippen LogP contribution in [-0.4, -0.2) is 23.4 Å². The molecule has 0 saturated heterocycles. The van der Waals surface area contributed by atoms with Crippen LogP contribution in [0.25, 0.3) is 0 Å². The zero-order valence-corrected chi connectivity index (χ0v) is 9.61. The van der Waals surface area contributed by atoms with Crippen molar-refractivity contribution >= 4 is 18.4 Å². The molecule has 82 valence electrons. The van der Waals surface area contributed by atoms with Crippen LogP contribution in [0.15, 0.2) is 30.3 Å². The molecule has 0 aliphatic rings. The van der Waals surface area contributed by atoms with E-state index in [1.165, 1.54) is 0 Å². The van der Waals surface area contributed by atoms with Crippen LogP contribution in [0.3, 0.4) is 0 Å². The number of carboxylic acid groups (broad SMARTS) is 1. The third-order valence-electron chi connectivity index (χ3n) is 2.20. The van der Waals surface area contributed by atoms with E-state index < -0.39 is 13.1 Å². The highest BCUT2D eigenvalue weighted by Crippen LogP contribution is 2.44. The van der Waals surface area contributed by atoms with Crippen LogP contribution in [0.4, 0.5) is 0 Å². The molecule has 0 aliphatic carbocycles. The number of carboxylic acids is 1. The van der Waals surface area contributed by atoms with E-state index in [-0.39, 0.29) is 6.16 Å². The maximum Gasteiger partial charge on any atom is 0.311 e. The molecular weight excluding hydrogens is 211 g/mol. The fraction of sp³-hybridized carbons (Fsp3) is 0.364.